The lowest BCUT2D eigenvalue weighted by Crippen LogP contribution is -2.42. The molecule has 0 fully saturated rings. The summed E-state index contributed by atoms with van der Waals surface area (Å²) in [5.41, 5.74) is -0.633. The highest BCUT2D eigenvalue weighted by molar-refractivity contribution is 5.70. The Kier molecular flexibility index (Phi) is 5.37. The molecule has 16 heavy (non-hydrogen) atoms. The monoisotopic (exact) mass is 226 g/mol. The van der Waals surface area contributed by atoms with Gasteiger partial charge in [-0.25, -0.2) is 4.79 Å². The fourth-order valence-electron chi connectivity index (χ4n) is 0.992. The number of terminal acetylenes is 1. The fourth-order valence-corrected chi connectivity index (χ4v) is 0.992. The van der Waals surface area contributed by atoms with Gasteiger partial charge in [-0.2, -0.15) is 0 Å². The Morgan fingerprint density at radius 2 is 2.06 bits per heavy atom. The second-order valence-electron chi connectivity index (χ2n) is 4.33. The van der Waals surface area contributed by atoms with Crippen LogP contribution in [-0.4, -0.2) is 23.7 Å². The van der Waals surface area contributed by atoms with Gasteiger partial charge in [0.05, 0.1) is 0 Å². The van der Waals surface area contributed by atoms with Crippen molar-refractivity contribution >= 4 is 12.1 Å². The van der Waals surface area contributed by atoms with E-state index in [-0.39, 0.29) is 12.8 Å². The second-order valence-corrected chi connectivity index (χ2v) is 4.33. The molecular weight excluding hydrogens is 210 g/mol. The van der Waals surface area contributed by atoms with E-state index in [1.807, 2.05) is 0 Å². The molecular formula is C11H16NO4-. The molecule has 0 aliphatic carbocycles. The van der Waals surface area contributed by atoms with Gasteiger partial charge >= 0.3 is 6.09 Å². The quantitative estimate of drug-likeness (QED) is 0.687. The third-order valence-corrected chi connectivity index (χ3v) is 1.50. The number of rotatable bonds is 4. The molecule has 1 atom stereocenters. The summed E-state index contributed by atoms with van der Waals surface area (Å²) in [6.45, 7) is 5.13. The second kappa shape index (κ2) is 6.01. The molecule has 5 heteroatoms. The van der Waals surface area contributed by atoms with E-state index in [1.165, 1.54) is 0 Å². The molecule has 0 aromatic carbocycles. The van der Waals surface area contributed by atoms with Gasteiger partial charge in [0, 0.05) is 24.9 Å². The SMILES string of the molecule is C#CC[C@H](CC(=O)[O-])NC(=O)OC(C)(C)C. The van der Waals surface area contributed by atoms with E-state index in [9.17, 15) is 14.7 Å². The summed E-state index contributed by atoms with van der Waals surface area (Å²) in [5, 5.41) is 12.8. The number of nitrogens with one attached hydrogen (secondary N) is 1. The van der Waals surface area contributed by atoms with Crippen molar-refractivity contribution in [1.82, 2.24) is 5.32 Å². The van der Waals surface area contributed by atoms with Gasteiger partial charge in [0.1, 0.15) is 5.60 Å². The number of alkyl carbamates (subject to hydrolysis) is 1. The first kappa shape index (κ1) is 14.3. The average Bonchev–Trinajstić information content (AvgIpc) is 1.98. The van der Waals surface area contributed by atoms with E-state index in [4.69, 9.17) is 11.2 Å². The van der Waals surface area contributed by atoms with E-state index < -0.39 is 23.7 Å². The molecule has 0 heterocycles. The molecule has 0 bridgehead atoms. The number of carbonyl (C=O) groups excluding carboxylic acids is 2. The fraction of sp³-hybridized carbons (Fsp3) is 0.636. The summed E-state index contributed by atoms with van der Waals surface area (Å²) >= 11 is 0. The number of carboxylic acids is 1. The van der Waals surface area contributed by atoms with Crippen molar-refractivity contribution in [3.63, 3.8) is 0 Å². The molecule has 0 rings (SSSR count). The van der Waals surface area contributed by atoms with E-state index in [2.05, 4.69) is 11.2 Å². The van der Waals surface area contributed by atoms with Crippen molar-refractivity contribution in [2.24, 2.45) is 0 Å². The Balaban J connectivity index is 4.24. The van der Waals surface area contributed by atoms with Crippen molar-refractivity contribution in [2.45, 2.75) is 45.3 Å². The van der Waals surface area contributed by atoms with Gasteiger partial charge < -0.3 is 20.0 Å². The topological polar surface area (TPSA) is 78.5 Å². The number of aliphatic carboxylic acids is 1. The van der Waals surface area contributed by atoms with E-state index in [1.54, 1.807) is 20.8 Å². The molecule has 90 valence electrons. The first-order valence-corrected chi connectivity index (χ1v) is 4.87. The Labute approximate surface area is 95.2 Å². The summed E-state index contributed by atoms with van der Waals surface area (Å²) in [4.78, 5) is 21.7. The minimum Gasteiger partial charge on any atom is -0.550 e. The molecule has 0 aliphatic rings. The lowest BCUT2D eigenvalue weighted by atomic mass is 10.1. The molecule has 0 aromatic heterocycles. The van der Waals surface area contributed by atoms with Crippen LogP contribution in [0, 0.1) is 12.3 Å². The maximum Gasteiger partial charge on any atom is 0.407 e. The number of amides is 1. The largest absolute Gasteiger partial charge is 0.550 e. The Bertz CT molecular complexity index is 298. The molecule has 1 N–H and O–H groups in total. The van der Waals surface area contributed by atoms with E-state index in [0.717, 1.165) is 0 Å². The maximum atomic E-state index is 11.3. The van der Waals surface area contributed by atoms with Gasteiger partial charge in [-0.3, -0.25) is 0 Å². The molecule has 0 saturated carbocycles. The summed E-state index contributed by atoms with van der Waals surface area (Å²) < 4.78 is 4.96. The van der Waals surface area contributed by atoms with Crippen molar-refractivity contribution in [3.8, 4) is 12.3 Å². The minimum atomic E-state index is -1.27. The zero-order valence-corrected chi connectivity index (χ0v) is 9.70. The zero-order chi connectivity index (χ0) is 12.8. The van der Waals surface area contributed by atoms with Crippen LogP contribution in [-0.2, 0) is 9.53 Å². The van der Waals surface area contributed by atoms with Gasteiger partial charge in [0.15, 0.2) is 0 Å². The van der Waals surface area contributed by atoms with Crippen molar-refractivity contribution in [1.29, 1.82) is 0 Å². The van der Waals surface area contributed by atoms with Gasteiger partial charge in [-0.05, 0) is 20.8 Å². The number of ether oxygens (including phenoxy) is 1. The van der Waals surface area contributed by atoms with Crippen molar-refractivity contribution < 1.29 is 19.4 Å². The Morgan fingerprint density at radius 3 is 2.44 bits per heavy atom. The predicted molar refractivity (Wildman–Crippen MR) is 56.2 cm³/mol. The van der Waals surface area contributed by atoms with Crippen LogP contribution in [0.15, 0.2) is 0 Å². The lowest BCUT2D eigenvalue weighted by Gasteiger charge is -2.23. The van der Waals surface area contributed by atoms with Crippen LogP contribution < -0.4 is 10.4 Å². The molecule has 5 nitrogen and oxygen atoms in total. The third kappa shape index (κ3) is 7.68. The van der Waals surface area contributed by atoms with Crippen LogP contribution in [0.4, 0.5) is 4.79 Å². The number of carboxylic acid groups (broad SMARTS) is 1. The van der Waals surface area contributed by atoms with Gasteiger partial charge in [0.2, 0.25) is 0 Å². The molecule has 0 aliphatic heterocycles. The zero-order valence-electron chi connectivity index (χ0n) is 9.70. The van der Waals surface area contributed by atoms with Crippen molar-refractivity contribution in [3.05, 3.63) is 0 Å². The van der Waals surface area contributed by atoms with Crippen LogP contribution >= 0.6 is 0 Å². The molecule has 0 radical (unpaired) electrons. The highest BCUT2D eigenvalue weighted by atomic mass is 16.6. The van der Waals surface area contributed by atoms with Crippen LogP contribution in [0.2, 0.25) is 0 Å². The standard InChI is InChI=1S/C11H17NO4/c1-5-6-8(7-9(13)14)12-10(15)16-11(2,3)4/h1,8H,6-7H2,2-4H3,(H,12,15)(H,13,14)/p-1/t8-/m1/s1. The van der Waals surface area contributed by atoms with Crippen molar-refractivity contribution in [2.75, 3.05) is 0 Å². The number of hydrogen-bond donors (Lipinski definition) is 1. The highest BCUT2D eigenvalue weighted by Gasteiger charge is 2.19. The number of carbonyl (C=O) groups is 2. The van der Waals surface area contributed by atoms with Crippen LogP contribution in [0.1, 0.15) is 33.6 Å². The normalized spacial score (nSPS) is 12.4. The van der Waals surface area contributed by atoms with Gasteiger partial charge in [-0.1, -0.05) is 0 Å². The highest BCUT2D eigenvalue weighted by Crippen LogP contribution is 2.07. The lowest BCUT2D eigenvalue weighted by molar-refractivity contribution is -0.306. The van der Waals surface area contributed by atoms with Crippen LogP contribution in [0.25, 0.3) is 0 Å². The maximum absolute atomic E-state index is 11.3. The third-order valence-electron chi connectivity index (χ3n) is 1.50. The smallest absolute Gasteiger partial charge is 0.407 e. The van der Waals surface area contributed by atoms with Gasteiger partial charge in [-0.15, -0.1) is 12.3 Å². The Hall–Kier alpha value is -1.70. The predicted octanol–water partition coefficient (Wildman–Crippen LogP) is 0.0430. The summed E-state index contributed by atoms with van der Waals surface area (Å²) in [6, 6.07) is -0.662. The first-order valence-electron chi connectivity index (χ1n) is 4.87. The first-order chi connectivity index (χ1) is 7.24. The van der Waals surface area contributed by atoms with Gasteiger partial charge in [0.25, 0.3) is 0 Å². The molecule has 0 unspecified atom stereocenters. The minimum absolute atomic E-state index is 0.118. The summed E-state index contributed by atoms with van der Waals surface area (Å²) in [5.74, 6) is 1.01. The van der Waals surface area contributed by atoms with E-state index in [0.29, 0.717) is 0 Å². The molecule has 0 spiro atoms. The summed E-state index contributed by atoms with van der Waals surface area (Å²) in [7, 11) is 0. The van der Waals surface area contributed by atoms with Crippen LogP contribution in [0.3, 0.4) is 0 Å². The molecule has 0 aromatic rings. The Morgan fingerprint density at radius 1 is 1.50 bits per heavy atom. The molecule has 0 saturated heterocycles. The summed E-state index contributed by atoms with van der Waals surface area (Å²) in [6.07, 6.45) is 4.15. The number of hydrogen-bond acceptors (Lipinski definition) is 4. The molecule has 1 amide bonds. The van der Waals surface area contributed by atoms with Crippen LogP contribution in [0.5, 0.6) is 0 Å². The van der Waals surface area contributed by atoms with E-state index >= 15 is 0 Å². The average molecular weight is 226 g/mol.